The van der Waals surface area contributed by atoms with Crippen LogP contribution >= 0.6 is 0 Å². The standard InChI is InChI=1S/C19H19N3O4S/c20-13-15-5-1-2-6-18(15)26-14-19(23)21-16-7-9-17(10-8-16)27(24,25)22-11-3-4-12-22/h1-2,5-10H,3-4,11-12,14H2,(H,21,23). The molecule has 1 aliphatic rings. The Kier molecular flexibility index (Phi) is 5.74. The van der Waals surface area contributed by atoms with Gasteiger partial charge in [-0.1, -0.05) is 12.1 Å². The van der Waals surface area contributed by atoms with Gasteiger partial charge < -0.3 is 10.1 Å². The summed E-state index contributed by atoms with van der Waals surface area (Å²) in [5, 5.41) is 11.6. The van der Waals surface area contributed by atoms with Crippen LogP contribution in [0.15, 0.2) is 53.4 Å². The first-order chi connectivity index (χ1) is 13.0. The molecule has 1 saturated heterocycles. The molecule has 8 heteroatoms. The summed E-state index contributed by atoms with van der Waals surface area (Å²) in [6.07, 6.45) is 1.75. The van der Waals surface area contributed by atoms with E-state index >= 15 is 0 Å². The van der Waals surface area contributed by atoms with E-state index in [-0.39, 0.29) is 11.5 Å². The van der Waals surface area contributed by atoms with Crippen molar-refractivity contribution in [2.24, 2.45) is 0 Å². The van der Waals surface area contributed by atoms with E-state index in [0.717, 1.165) is 12.8 Å². The Balaban J connectivity index is 1.59. The molecule has 0 aliphatic carbocycles. The molecule has 2 aromatic carbocycles. The van der Waals surface area contributed by atoms with Crippen molar-refractivity contribution >= 4 is 21.6 Å². The first-order valence-corrected chi connectivity index (χ1v) is 9.97. The molecule has 1 aliphatic heterocycles. The molecule has 7 nitrogen and oxygen atoms in total. The molecule has 0 spiro atoms. The normalized spacial score (nSPS) is 14.5. The van der Waals surface area contributed by atoms with Crippen molar-refractivity contribution in [2.45, 2.75) is 17.7 Å². The minimum atomic E-state index is -3.47. The maximum Gasteiger partial charge on any atom is 0.262 e. The van der Waals surface area contributed by atoms with E-state index in [9.17, 15) is 13.2 Å². The zero-order valence-corrected chi connectivity index (χ0v) is 15.4. The van der Waals surface area contributed by atoms with Crippen molar-refractivity contribution in [1.29, 1.82) is 5.26 Å². The lowest BCUT2D eigenvalue weighted by molar-refractivity contribution is -0.118. The van der Waals surface area contributed by atoms with Crippen molar-refractivity contribution in [1.82, 2.24) is 4.31 Å². The molecule has 1 amide bonds. The summed E-state index contributed by atoms with van der Waals surface area (Å²) in [4.78, 5) is 12.2. The summed E-state index contributed by atoms with van der Waals surface area (Å²) in [6, 6.07) is 14.7. The molecule has 0 unspecified atom stereocenters. The van der Waals surface area contributed by atoms with Crippen LogP contribution in [-0.4, -0.2) is 38.3 Å². The number of carbonyl (C=O) groups excluding carboxylic acids is 1. The predicted octanol–water partition coefficient (Wildman–Crippen LogP) is 2.36. The van der Waals surface area contributed by atoms with Gasteiger partial charge in [0.05, 0.1) is 10.5 Å². The third kappa shape index (κ3) is 4.45. The average molecular weight is 385 g/mol. The van der Waals surface area contributed by atoms with E-state index < -0.39 is 15.9 Å². The Bertz CT molecular complexity index is 959. The van der Waals surface area contributed by atoms with Crippen LogP contribution in [0.4, 0.5) is 5.69 Å². The van der Waals surface area contributed by atoms with E-state index in [0.29, 0.717) is 30.1 Å². The quantitative estimate of drug-likeness (QED) is 0.823. The number of anilines is 1. The largest absolute Gasteiger partial charge is 0.482 e. The molecular weight excluding hydrogens is 366 g/mol. The Labute approximate surface area is 158 Å². The van der Waals surface area contributed by atoms with Gasteiger partial charge in [0.2, 0.25) is 10.0 Å². The molecule has 0 bridgehead atoms. The van der Waals surface area contributed by atoms with Crippen molar-refractivity contribution in [3.63, 3.8) is 0 Å². The van der Waals surface area contributed by atoms with Crippen LogP contribution in [0.1, 0.15) is 18.4 Å². The number of benzene rings is 2. The van der Waals surface area contributed by atoms with Gasteiger partial charge in [-0.05, 0) is 49.2 Å². The predicted molar refractivity (Wildman–Crippen MR) is 99.7 cm³/mol. The minimum Gasteiger partial charge on any atom is -0.482 e. The third-order valence-corrected chi connectivity index (χ3v) is 6.12. The fourth-order valence-corrected chi connectivity index (χ4v) is 4.33. The molecule has 1 heterocycles. The second kappa shape index (κ2) is 8.20. The molecule has 1 N–H and O–H groups in total. The highest BCUT2D eigenvalue weighted by Crippen LogP contribution is 2.22. The molecule has 0 aromatic heterocycles. The Hall–Kier alpha value is -2.89. The molecule has 0 saturated carbocycles. The number of carbonyl (C=O) groups is 1. The van der Waals surface area contributed by atoms with Gasteiger partial charge in [0.15, 0.2) is 6.61 Å². The van der Waals surface area contributed by atoms with E-state index in [4.69, 9.17) is 10.00 Å². The lowest BCUT2D eigenvalue weighted by atomic mass is 10.2. The van der Waals surface area contributed by atoms with Gasteiger partial charge >= 0.3 is 0 Å². The zero-order chi connectivity index (χ0) is 19.3. The summed E-state index contributed by atoms with van der Waals surface area (Å²) in [7, 11) is -3.47. The number of hydrogen-bond acceptors (Lipinski definition) is 5. The number of sulfonamides is 1. The van der Waals surface area contributed by atoms with Crippen LogP contribution in [0.2, 0.25) is 0 Å². The number of nitrogens with zero attached hydrogens (tertiary/aromatic N) is 2. The van der Waals surface area contributed by atoms with Gasteiger partial charge in [-0.3, -0.25) is 4.79 Å². The van der Waals surface area contributed by atoms with Crippen molar-refractivity contribution < 1.29 is 17.9 Å². The topological polar surface area (TPSA) is 99.5 Å². The van der Waals surface area contributed by atoms with Crippen LogP contribution < -0.4 is 10.1 Å². The van der Waals surface area contributed by atoms with E-state index in [1.807, 2.05) is 6.07 Å². The summed E-state index contributed by atoms with van der Waals surface area (Å²) >= 11 is 0. The van der Waals surface area contributed by atoms with Gasteiger partial charge in [0.1, 0.15) is 11.8 Å². The number of amides is 1. The summed E-state index contributed by atoms with van der Waals surface area (Å²) in [5.41, 5.74) is 0.819. The molecule has 2 aromatic rings. The van der Waals surface area contributed by atoms with Crippen molar-refractivity contribution in [3.8, 4) is 11.8 Å². The van der Waals surface area contributed by atoms with Crippen LogP contribution in [0.5, 0.6) is 5.75 Å². The highest BCUT2D eigenvalue weighted by Gasteiger charge is 2.26. The van der Waals surface area contributed by atoms with Crippen LogP contribution in [0.3, 0.4) is 0 Å². The molecule has 3 rings (SSSR count). The maximum absolute atomic E-state index is 12.5. The van der Waals surface area contributed by atoms with Gasteiger partial charge in [-0.25, -0.2) is 8.42 Å². The van der Waals surface area contributed by atoms with Crippen LogP contribution in [0, 0.1) is 11.3 Å². The zero-order valence-electron chi connectivity index (χ0n) is 14.6. The smallest absolute Gasteiger partial charge is 0.262 e. The number of rotatable bonds is 6. The second-order valence-corrected chi connectivity index (χ2v) is 8.02. The second-order valence-electron chi connectivity index (χ2n) is 6.08. The first-order valence-electron chi connectivity index (χ1n) is 8.53. The van der Waals surface area contributed by atoms with Gasteiger partial charge in [-0.2, -0.15) is 9.57 Å². The molecule has 1 fully saturated rings. The molecular formula is C19H19N3O4S. The Morgan fingerprint density at radius 1 is 1.11 bits per heavy atom. The van der Waals surface area contributed by atoms with E-state index in [2.05, 4.69) is 5.32 Å². The van der Waals surface area contributed by atoms with Gasteiger partial charge in [0.25, 0.3) is 5.91 Å². The van der Waals surface area contributed by atoms with E-state index in [1.165, 1.54) is 16.4 Å². The summed E-state index contributed by atoms with van der Waals surface area (Å²) in [5.74, 6) is -0.0694. The average Bonchev–Trinajstić information content (AvgIpc) is 3.23. The number of para-hydroxylation sites is 1. The Morgan fingerprint density at radius 2 is 1.78 bits per heavy atom. The van der Waals surface area contributed by atoms with Gasteiger partial charge in [-0.15, -0.1) is 0 Å². The number of nitrogens with one attached hydrogen (secondary N) is 1. The SMILES string of the molecule is N#Cc1ccccc1OCC(=O)Nc1ccc(S(=O)(=O)N2CCCC2)cc1. The van der Waals surface area contributed by atoms with Gasteiger partial charge in [0, 0.05) is 18.8 Å². The minimum absolute atomic E-state index is 0.210. The number of hydrogen-bond donors (Lipinski definition) is 1. The molecule has 0 radical (unpaired) electrons. The highest BCUT2D eigenvalue weighted by molar-refractivity contribution is 7.89. The molecule has 27 heavy (non-hydrogen) atoms. The van der Waals surface area contributed by atoms with E-state index in [1.54, 1.807) is 36.4 Å². The Morgan fingerprint density at radius 3 is 2.44 bits per heavy atom. The van der Waals surface area contributed by atoms with Crippen molar-refractivity contribution in [2.75, 3.05) is 25.0 Å². The fourth-order valence-electron chi connectivity index (χ4n) is 2.81. The third-order valence-electron chi connectivity index (χ3n) is 4.21. The van der Waals surface area contributed by atoms with Crippen LogP contribution in [-0.2, 0) is 14.8 Å². The maximum atomic E-state index is 12.5. The molecule has 140 valence electrons. The first kappa shape index (κ1) is 18.9. The number of nitriles is 1. The highest BCUT2D eigenvalue weighted by atomic mass is 32.2. The summed E-state index contributed by atoms with van der Waals surface area (Å²) in [6.45, 7) is 0.831. The summed E-state index contributed by atoms with van der Waals surface area (Å²) < 4.78 is 31.8. The monoisotopic (exact) mass is 385 g/mol. The van der Waals surface area contributed by atoms with Crippen LogP contribution in [0.25, 0.3) is 0 Å². The lowest BCUT2D eigenvalue weighted by Crippen LogP contribution is -2.27. The fraction of sp³-hybridized carbons (Fsp3) is 0.263. The lowest BCUT2D eigenvalue weighted by Gasteiger charge is -2.15. The molecule has 0 atom stereocenters. The number of ether oxygens (including phenoxy) is 1. The van der Waals surface area contributed by atoms with Crippen molar-refractivity contribution in [3.05, 3.63) is 54.1 Å².